The fourth-order valence-electron chi connectivity index (χ4n) is 1.99. The molecule has 0 fully saturated rings. The summed E-state index contributed by atoms with van der Waals surface area (Å²) in [7, 11) is 3.35. The summed E-state index contributed by atoms with van der Waals surface area (Å²) < 4.78 is 38.4. The summed E-state index contributed by atoms with van der Waals surface area (Å²) in [6.07, 6.45) is -1.19. The lowest BCUT2D eigenvalue weighted by atomic mass is 9.98. The molecule has 0 radical (unpaired) electrons. The van der Waals surface area contributed by atoms with Crippen molar-refractivity contribution in [3.8, 4) is 0 Å². The van der Waals surface area contributed by atoms with Crippen LogP contribution in [0.5, 0.6) is 0 Å². The van der Waals surface area contributed by atoms with Crippen LogP contribution in [0.2, 0.25) is 5.02 Å². The lowest BCUT2D eigenvalue weighted by Gasteiger charge is -2.16. The van der Waals surface area contributed by atoms with E-state index in [4.69, 9.17) is 11.6 Å². The van der Waals surface area contributed by atoms with Crippen molar-refractivity contribution in [3.63, 3.8) is 0 Å². The molecule has 2 aromatic heterocycles. The second kappa shape index (κ2) is 7.60. The molecule has 132 valence electrons. The monoisotopic (exact) mass is 370 g/mol. The van der Waals surface area contributed by atoms with Gasteiger partial charge in [0.15, 0.2) is 0 Å². The van der Waals surface area contributed by atoms with Gasteiger partial charge in [0.2, 0.25) is 0 Å². The number of pyridine rings is 2. The van der Waals surface area contributed by atoms with Gasteiger partial charge in [-0.2, -0.15) is 13.2 Å². The number of halogens is 4. The molecule has 0 N–H and O–H groups in total. The Labute approximate surface area is 147 Å². The van der Waals surface area contributed by atoms with Crippen LogP contribution in [0.1, 0.15) is 22.9 Å². The van der Waals surface area contributed by atoms with E-state index in [2.05, 4.69) is 15.0 Å². The Morgan fingerprint density at radius 1 is 1.32 bits per heavy atom. The molecule has 25 heavy (non-hydrogen) atoms. The Balaban J connectivity index is 2.51. The highest BCUT2D eigenvalue weighted by Gasteiger charge is 2.34. The molecule has 1 atom stereocenters. The van der Waals surface area contributed by atoms with Crippen molar-refractivity contribution in [2.45, 2.75) is 12.1 Å². The Bertz CT molecular complexity index is 779. The number of aliphatic imine (C=N–C) groups is 1. The fraction of sp³-hybridized carbons (Fsp3) is 0.250. The van der Waals surface area contributed by atoms with E-state index < -0.39 is 23.6 Å². The molecular formula is C16H14ClF3N4O. The minimum absolute atomic E-state index is 0.0331. The number of nitrogens with zero attached hydrogens (tertiary/aromatic N) is 4. The van der Waals surface area contributed by atoms with Crippen LogP contribution in [0.3, 0.4) is 0 Å². The van der Waals surface area contributed by atoms with E-state index in [1.165, 1.54) is 12.5 Å². The smallest absolute Gasteiger partial charge is 0.369 e. The summed E-state index contributed by atoms with van der Waals surface area (Å²) in [5, 5.41) is -0.279. The second-order valence-corrected chi connectivity index (χ2v) is 5.73. The van der Waals surface area contributed by atoms with Crippen molar-refractivity contribution in [1.82, 2.24) is 14.9 Å². The predicted molar refractivity (Wildman–Crippen MR) is 87.5 cm³/mol. The van der Waals surface area contributed by atoms with Gasteiger partial charge in [-0.3, -0.25) is 14.8 Å². The van der Waals surface area contributed by atoms with Gasteiger partial charge in [0.1, 0.15) is 5.92 Å². The summed E-state index contributed by atoms with van der Waals surface area (Å²) >= 11 is 5.98. The van der Waals surface area contributed by atoms with Crippen molar-refractivity contribution in [2.24, 2.45) is 4.99 Å². The quantitative estimate of drug-likeness (QED) is 0.611. The largest absolute Gasteiger partial charge is 0.417 e. The molecule has 5 nitrogen and oxygen atoms in total. The van der Waals surface area contributed by atoms with Gasteiger partial charge in [0.25, 0.3) is 5.91 Å². The Kier molecular flexibility index (Phi) is 5.73. The molecule has 0 bridgehead atoms. The van der Waals surface area contributed by atoms with Gasteiger partial charge in [-0.1, -0.05) is 17.7 Å². The van der Waals surface area contributed by atoms with Gasteiger partial charge in [-0.05, 0) is 18.2 Å². The van der Waals surface area contributed by atoms with E-state index in [9.17, 15) is 18.0 Å². The fourth-order valence-corrected chi connectivity index (χ4v) is 2.27. The molecule has 2 aromatic rings. The minimum atomic E-state index is -4.58. The average Bonchev–Trinajstić information content (AvgIpc) is 2.54. The number of aromatic nitrogens is 2. The molecule has 2 rings (SSSR count). The Morgan fingerprint density at radius 2 is 2.04 bits per heavy atom. The third kappa shape index (κ3) is 4.76. The van der Waals surface area contributed by atoms with E-state index in [0.717, 1.165) is 6.07 Å². The van der Waals surface area contributed by atoms with E-state index in [1.54, 1.807) is 37.2 Å². The Morgan fingerprint density at radius 3 is 2.56 bits per heavy atom. The molecule has 1 amide bonds. The molecule has 0 aromatic carbocycles. The zero-order valence-corrected chi connectivity index (χ0v) is 14.1. The number of rotatable bonds is 4. The zero-order chi connectivity index (χ0) is 18.6. The zero-order valence-electron chi connectivity index (χ0n) is 13.3. The van der Waals surface area contributed by atoms with Crippen LogP contribution in [0.4, 0.5) is 13.2 Å². The highest BCUT2D eigenvalue weighted by molar-refractivity contribution is 6.31. The average molecular weight is 371 g/mol. The van der Waals surface area contributed by atoms with E-state index in [1.807, 2.05) is 0 Å². The maximum absolute atomic E-state index is 12.8. The maximum Gasteiger partial charge on any atom is 0.417 e. The molecule has 0 saturated carbocycles. The second-order valence-electron chi connectivity index (χ2n) is 5.32. The van der Waals surface area contributed by atoms with Crippen molar-refractivity contribution < 1.29 is 18.0 Å². The summed E-state index contributed by atoms with van der Waals surface area (Å²) in [5.74, 6) is -1.74. The summed E-state index contributed by atoms with van der Waals surface area (Å²) in [6.45, 7) is 0. The lowest BCUT2D eigenvalue weighted by molar-refractivity contribution is -0.137. The molecule has 0 unspecified atom stereocenters. The third-order valence-corrected chi connectivity index (χ3v) is 3.42. The van der Waals surface area contributed by atoms with Crippen LogP contribution >= 0.6 is 11.6 Å². The third-order valence-electron chi connectivity index (χ3n) is 3.12. The lowest BCUT2D eigenvalue weighted by Crippen LogP contribution is -2.18. The summed E-state index contributed by atoms with van der Waals surface area (Å²) in [4.78, 5) is 25.7. The van der Waals surface area contributed by atoms with E-state index in [0.29, 0.717) is 6.20 Å². The normalized spacial score (nSPS) is 13.0. The molecule has 0 saturated heterocycles. The van der Waals surface area contributed by atoms with Crippen LogP contribution in [-0.2, 0) is 11.0 Å². The predicted octanol–water partition coefficient (Wildman–Crippen LogP) is 3.40. The number of carbonyl (C=O) groups is 1. The standard InChI is InChI=1S/C16H14ClF3N4O/c1-24(2)9-23-15(25)13(12-5-3-4-6-21-12)14-11(17)7-10(8-22-14)16(18,19)20/h3-9,13H,1-2H3/t13-/m1/s1. The molecular weight excluding hydrogens is 357 g/mol. The number of alkyl halides is 3. The Hall–Kier alpha value is -2.48. The summed E-state index contributed by atoms with van der Waals surface area (Å²) in [5.41, 5.74) is -0.739. The van der Waals surface area contributed by atoms with Gasteiger partial charge in [0, 0.05) is 26.5 Å². The van der Waals surface area contributed by atoms with E-state index >= 15 is 0 Å². The molecule has 0 spiro atoms. The van der Waals surface area contributed by atoms with Crippen molar-refractivity contribution in [2.75, 3.05) is 14.1 Å². The number of carbonyl (C=O) groups excluding carboxylic acids is 1. The molecule has 2 heterocycles. The van der Waals surface area contributed by atoms with Crippen molar-refractivity contribution in [3.05, 3.63) is 58.6 Å². The molecule has 0 aliphatic carbocycles. The van der Waals surface area contributed by atoms with Gasteiger partial charge in [-0.25, -0.2) is 4.99 Å². The van der Waals surface area contributed by atoms with Crippen LogP contribution in [-0.4, -0.2) is 41.2 Å². The number of hydrogen-bond donors (Lipinski definition) is 0. The number of hydrogen-bond acceptors (Lipinski definition) is 3. The minimum Gasteiger partial charge on any atom is -0.369 e. The SMILES string of the molecule is CN(C)C=NC(=O)[C@H](c1ccccn1)c1ncc(C(F)(F)F)cc1Cl. The van der Waals surface area contributed by atoms with E-state index in [-0.39, 0.29) is 16.4 Å². The summed E-state index contributed by atoms with van der Waals surface area (Å²) in [6, 6.07) is 5.60. The molecule has 0 aliphatic heterocycles. The van der Waals surface area contributed by atoms with Crippen LogP contribution in [0.15, 0.2) is 41.7 Å². The highest BCUT2D eigenvalue weighted by atomic mass is 35.5. The highest BCUT2D eigenvalue weighted by Crippen LogP contribution is 2.34. The molecule has 9 heteroatoms. The topological polar surface area (TPSA) is 58.5 Å². The van der Waals surface area contributed by atoms with Crippen molar-refractivity contribution >= 4 is 23.8 Å². The molecule has 0 aliphatic rings. The maximum atomic E-state index is 12.8. The number of amides is 1. The van der Waals surface area contributed by atoms with Crippen LogP contribution < -0.4 is 0 Å². The van der Waals surface area contributed by atoms with Gasteiger partial charge < -0.3 is 4.90 Å². The van der Waals surface area contributed by atoms with Crippen molar-refractivity contribution in [1.29, 1.82) is 0 Å². The van der Waals surface area contributed by atoms with Gasteiger partial charge in [-0.15, -0.1) is 0 Å². The first-order valence-corrected chi connectivity index (χ1v) is 7.46. The van der Waals surface area contributed by atoms with Crippen LogP contribution in [0.25, 0.3) is 0 Å². The van der Waals surface area contributed by atoms with Gasteiger partial charge in [0.05, 0.1) is 28.3 Å². The first-order valence-electron chi connectivity index (χ1n) is 7.08. The first-order chi connectivity index (χ1) is 11.7. The van der Waals surface area contributed by atoms with Crippen LogP contribution in [0, 0.1) is 0 Å². The van der Waals surface area contributed by atoms with Gasteiger partial charge >= 0.3 is 6.18 Å². The first kappa shape index (κ1) is 18.9.